The highest BCUT2D eigenvalue weighted by molar-refractivity contribution is 6.30. The van der Waals surface area contributed by atoms with Crippen LogP contribution in [0.1, 0.15) is 16.7 Å². The number of aryl methyl sites for hydroxylation is 2. The Morgan fingerprint density at radius 3 is 2.64 bits per heavy atom. The first-order valence-electron chi connectivity index (χ1n) is 8.03. The summed E-state index contributed by atoms with van der Waals surface area (Å²) in [5.41, 5.74) is 3.63. The number of nitrogens with one attached hydrogen (secondary N) is 2. The number of fused-ring (bicyclic) bond motifs is 1. The molecule has 1 aliphatic heterocycles. The number of hydrogen-bond acceptors (Lipinski definition) is 3. The minimum Gasteiger partial charge on any atom is -0.480 e. The van der Waals surface area contributed by atoms with Gasteiger partial charge in [-0.2, -0.15) is 0 Å². The summed E-state index contributed by atoms with van der Waals surface area (Å²) in [5.74, 6) is 0.0674. The van der Waals surface area contributed by atoms with Crippen LogP contribution in [0, 0.1) is 13.8 Å². The molecule has 5 nitrogen and oxygen atoms in total. The van der Waals surface area contributed by atoms with Crippen molar-refractivity contribution in [2.24, 2.45) is 0 Å². The smallest absolute Gasteiger partial charge is 0.261 e. The van der Waals surface area contributed by atoms with Gasteiger partial charge in [-0.25, -0.2) is 0 Å². The number of carbonyl (C=O) groups excluding carboxylic acids is 2. The minimum absolute atomic E-state index is 0.108. The topological polar surface area (TPSA) is 67.4 Å². The van der Waals surface area contributed by atoms with Crippen LogP contribution < -0.4 is 15.4 Å². The van der Waals surface area contributed by atoms with Gasteiger partial charge >= 0.3 is 0 Å². The second kappa shape index (κ2) is 7.15. The first-order valence-corrected chi connectivity index (χ1v) is 8.40. The molecule has 3 rings (SSSR count). The summed E-state index contributed by atoms with van der Waals surface area (Å²) in [4.78, 5) is 24.4. The van der Waals surface area contributed by atoms with Crippen LogP contribution in [0.4, 0.5) is 5.69 Å². The number of para-hydroxylation sites is 1. The van der Waals surface area contributed by atoms with Crippen molar-refractivity contribution in [3.05, 3.63) is 58.1 Å². The Hall–Kier alpha value is -2.53. The summed E-state index contributed by atoms with van der Waals surface area (Å²) >= 11 is 5.95. The van der Waals surface area contributed by atoms with Crippen molar-refractivity contribution in [2.45, 2.75) is 26.4 Å². The van der Waals surface area contributed by atoms with E-state index in [9.17, 15) is 9.59 Å². The molecule has 2 amide bonds. The molecule has 130 valence electrons. The summed E-state index contributed by atoms with van der Waals surface area (Å²) in [6.45, 7) is 3.75. The third-order valence-electron chi connectivity index (χ3n) is 4.16. The largest absolute Gasteiger partial charge is 0.480 e. The molecule has 0 bridgehead atoms. The lowest BCUT2D eigenvalue weighted by Gasteiger charge is -2.13. The zero-order valence-electron chi connectivity index (χ0n) is 14.1. The van der Waals surface area contributed by atoms with Crippen molar-refractivity contribution < 1.29 is 14.3 Å². The van der Waals surface area contributed by atoms with Crippen molar-refractivity contribution in [1.29, 1.82) is 0 Å². The quantitative estimate of drug-likeness (QED) is 0.882. The van der Waals surface area contributed by atoms with Gasteiger partial charge in [0.1, 0.15) is 5.75 Å². The van der Waals surface area contributed by atoms with Crippen LogP contribution in [0.3, 0.4) is 0 Å². The summed E-state index contributed by atoms with van der Waals surface area (Å²) in [6.07, 6.45) is -0.193. The van der Waals surface area contributed by atoms with Crippen molar-refractivity contribution >= 4 is 29.1 Å². The summed E-state index contributed by atoms with van der Waals surface area (Å²) in [6, 6.07) is 11.0. The normalized spacial score (nSPS) is 15.2. The number of amides is 2. The van der Waals surface area contributed by atoms with Gasteiger partial charge in [-0.05, 0) is 48.7 Å². The standard InChI is InChI=1S/C19H19ClN2O3/c1-11-4-3-5-12(2)18(11)22-17(23)10-21-19(24)16-9-13-8-14(20)6-7-15(13)25-16/h3-8,16H,9-10H2,1-2H3,(H,21,24)(H,22,23)/t16-/m1/s1. The minimum atomic E-state index is -0.638. The van der Waals surface area contributed by atoms with Crippen LogP contribution >= 0.6 is 11.6 Å². The molecule has 2 aromatic rings. The van der Waals surface area contributed by atoms with Gasteiger partial charge in [-0.15, -0.1) is 0 Å². The van der Waals surface area contributed by atoms with Crippen LogP contribution in [-0.2, 0) is 16.0 Å². The predicted molar refractivity (Wildman–Crippen MR) is 97.1 cm³/mol. The lowest BCUT2D eigenvalue weighted by atomic mass is 10.1. The first-order chi connectivity index (χ1) is 11.9. The molecule has 1 atom stereocenters. The number of anilines is 1. The van der Waals surface area contributed by atoms with Crippen molar-refractivity contribution in [3.63, 3.8) is 0 Å². The molecule has 0 saturated heterocycles. The number of benzene rings is 2. The van der Waals surface area contributed by atoms with Gasteiger partial charge in [0.05, 0.1) is 6.54 Å². The molecule has 1 aliphatic rings. The number of rotatable bonds is 4. The van der Waals surface area contributed by atoms with E-state index in [4.69, 9.17) is 16.3 Å². The molecule has 1 heterocycles. The van der Waals surface area contributed by atoms with Crippen LogP contribution in [0.2, 0.25) is 5.02 Å². The zero-order valence-corrected chi connectivity index (χ0v) is 14.8. The molecule has 0 saturated carbocycles. The van der Waals surface area contributed by atoms with E-state index in [1.807, 2.05) is 32.0 Å². The van der Waals surface area contributed by atoms with Crippen LogP contribution in [-0.4, -0.2) is 24.5 Å². The van der Waals surface area contributed by atoms with E-state index < -0.39 is 6.10 Å². The lowest BCUT2D eigenvalue weighted by molar-refractivity contribution is -0.129. The fourth-order valence-electron chi connectivity index (χ4n) is 2.84. The van der Waals surface area contributed by atoms with E-state index in [-0.39, 0.29) is 18.4 Å². The highest BCUT2D eigenvalue weighted by atomic mass is 35.5. The second-order valence-corrected chi connectivity index (χ2v) is 6.53. The van der Waals surface area contributed by atoms with Gasteiger partial charge < -0.3 is 15.4 Å². The number of hydrogen-bond donors (Lipinski definition) is 2. The Kier molecular flexibility index (Phi) is 4.95. The molecule has 2 N–H and O–H groups in total. The van der Waals surface area contributed by atoms with Crippen molar-refractivity contribution in [1.82, 2.24) is 5.32 Å². The Labute approximate surface area is 151 Å². The zero-order chi connectivity index (χ0) is 18.0. The number of halogens is 1. The summed E-state index contributed by atoms with van der Waals surface area (Å²) in [7, 11) is 0. The molecule has 2 aromatic carbocycles. The maximum Gasteiger partial charge on any atom is 0.261 e. The Balaban J connectivity index is 1.54. The molecule has 0 unspecified atom stereocenters. The van der Waals surface area contributed by atoms with E-state index in [1.165, 1.54) is 0 Å². The molecular formula is C19H19ClN2O3. The fraction of sp³-hybridized carbons (Fsp3) is 0.263. The van der Waals surface area contributed by atoms with E-state index in [2.05, 4.69) is 10.6 Å². The Morgan fingerprint density at radius 1 is 1.20 bits per heavy atom. The van der Waals surface area contributed by atoms with Gasteiger partial charge in [-0.3, -0.25) is 9.59 Å². The molecule has 25 heavy (non-hydrogen) atoms. The first kappa shape index (κ1) is 17.3. The Bertz CT molecular complexity index is 815. The molecular weight excluding hydrogens is 340 g/mol. The predicted octanol–water partition coefficient (Wildman–Crippen LogP) is 3.02. The highest BCUT2D eigenvalue weighted by Crippen LogP contribution is 2.31. The third kappa shape index (κ3) is 3.94. The van der Waals surface area contributed by atoms with Gasteiger partial charge in [0.15, 0.2) is 6.10 Å². The average molecular weight is 359 g/mol. The average Bonchev–Trinajstić information content (AvgIpc) is 2.99. The number of carbonyl (C=O) groups is 2. The van der Waals surface area contributed by atoms with Gasteiger partial charge in [-0.1, -0.05) is 29.8 Å². The molecule has 0 spiro atoms. The Morgan fingerprint density at radius 2 is 1.92 bits per heavy atom. The van der Waals surface area contributed by atoms with Crippen LogP contribution in [0.5, 0.6) is 5.75 Å². The molecule has 6 heteroatoms. The van der Waals surface area contributed by atoms with E-state index >= 15 is 0 Å². The molecule has 0 aliphatic carbocycles. The van der Waals surface area contributed by atoms with Crippen molar-refractivity contribution in [3.8, 4) is 5.75 Å². The second-order valence-electron chi connectivity index (χ2n) is 6.10. The van der Waals surface area contributed by atoms with Gasteiger partial charge in [0, 0.05) is 17.1 Å². The maximum atomic E-state index is 12.2. The maximum absolute atomic E-state index is 12.2. The molecule has 0 aromatic heterocycles. The lowest BCUT2D eigenvalue weighted by Crippen LogP contribution is -2.41. The van der Waals surface area contributed by atoms with Crippen LogP contribution in [0.15, 0.2) is 36.4 Å². The highest BCUT2D eigenvalue weighted by Gasteiger charge is 2.29. The number of ether oxygens (including phenoxy) is 1. The van der Waals surface area contributed by atoms with E-state index in [1.54, 1.807) is 18.2 Å². The van der Waals surface area contributed by atoms with Crippen LogP contribution in [0.25, 0.3) is 0 Å². The van der Waals surface area contributed by atoms with Gasteiger partial charge in [0.25, 0.3) is 5.91 Å². The summed E-state index contributed by atoms with van der Waals surface area (Å²) < 4.78 is 5.61. The van der Waals surface area contributed by atoms with E-state index in [0.29, 0.717) is 17.2 Å². The van der Waals surface area contributed by atoms with Gasteiger partial charge in [0.2, 0.25) is 5.91 Å². The van der Waals surface area contributed by atoms with E-state index in [0.717, 1.165) is 22.4 Å². The molecule has 0 radical (unpaired) electrons. The SMILES string of the molecule is Cc1cccc(C)c1NC(=O)CNC(=O)[C@H]1Cc2cc(Cl)ccc2O1. The summed E-state index contributed by atoms with van der Waals surface area (Å²) in [5, 5.41) is 6.07. The fourth-order valence-corrected chi connectivity index (χ4v) is 3.03. The third-order valence-corrected chi connectivity index (χ3v) is 4.39. The molecule has 0 fully saturated rings. The monoisotopic (exact) mass is 358 g/mol. The van der Waals surface area contributed by atoms with Crippen molar-refractivity contribution in [2.75, 3.05) is 11.9 Å².